The molecule has 25 heavy (non-hydrogen) atoms. The first-order chi connectivity index (χ1) is 12.2. The van der Waals surface area contributed by atoms with Crippen molar-refractivity contribution in [2.45, 2.75) is 19.6 Å². The Bertz CT molecular complexity index is 743. The van der Waals surface area contributed by atoms with Gasteiger partial charge in [0.05, 0.1) is 25.7 Å². The Morgan fingerprint density at radius 2 is 1.84 bits per heavy atom. The maximum atomic E-state index is 12.9. The Balaban J connectivity index is 1.33. The molecule has 2 aromatic rings. The minimum absolute atomic E-state index is 0.251. The molecule has 1 aliphatic heterocycles. The molecule has 130 valence electrons. The van der Waals surface area contributed by atoms with E-state index in [1.807, 2.05) is 47.4 Å². The summed E-state index contributed by atoms with van der Waals surface area (Å²) in [6, 6.07) is 18.0. The van der Waals surface area contributed by atoms with Crippen LogP contribution in [0, 0.1) is 11.3 Å². The summed E-state index contributed by atoms with van der Waals surface area (Å²) in [5, 5.41) is 0. The SMILES string of the molecule is COc1ccc(CN2C[C@@H]3C[C@]3(COCc3ccccc3)C2=O)cc1. The normalized spacial score (nSPS) is 24.3. The number of hydrogen-bond donors (Lipinski definition) is 0. The molecule has 2 aromatic carbocycles. The van der Waals surface area contributed by atoms with Gasteiger partial charge in [-0.05, 0) is 35.6 Å². The van der Waals surface area contributed by atoms with E-state index < -0.39 is 0 Å². The van der Waals surface area contributed by atoms with Crippen LogP contribution in [0.25, 0.3) is 0 Å². The van der Waals surface area contributed by atoms with Crippen LogP contribution < -0.4 is 4.74 Å². The Kier molecular flexibility index (Phi) is 4.22. The van der Waals surface area contributed by atoms with Crippen LogP contribution in [0.1, 0.15) is 17.5 Å². The van der Waals surface area contributed by atoms with Crippen molar-refractivity contribution in [3.05, 3.63) is 65.7 Å². The predicted octanol–water partition coefficient (Wildman–Crippen LogP) is 3.26. The van der Waals surface area contributed by atoms with Crippen LogP contribution in [0.2, 0.25) is 0 Å². The summed E-state index contributed by atoms with van der Waals surface area (Å²) in [4.78, 5) is 14.8. The van der Waals surface area contributed by atoms with E-state index in [-0.39, 0.29) is 11.3 Å². The number of likely N-dealkylation sites (tertiary alicyclic amines) is 1. The van der Waals surface area contributed by atoms with E-state index in [4.69, 9.17) is 9.47 Å². The fraction of sp³-hybridized carbons (Fsp3) is 0.381. The van der Waals surface area contributed by atoms with Crippen LogP contribution in [-0.4, -0.2) is 31.1 Å². The second-order valence-corrected chi connectivity index (χ2v) is 7.07. The average molecular weight is 337 g/mol. The first-order valence-electron chi connectivity index (χ1n) is 8.75. The van der Waals surface area contributed by atoms with E-state index in [9.17, 15) is 4.79 Å². The van der Waals surface area contributed by atoms with Gasteiger partial charge in [0.1, 0.15) is 5.75 Å². The van der Waals surface area contributed by atoms with Gasteiger partial charge in [0.25, 0.3) is 0 Å². The lowest BCUT2D eigenvalue weighted by molar-refractivity contribution is -0.136. The minimum atomic E-state index is -0.263. The molecule has 0 N–H and O–H groups in total. The molecule has 0 aromatic heterocycles. The molecular formula is C21H23NO3. The lowest BCUT2D eigenvalue weighted by Gasteiger charge is -2.21. The number of benzene rings is 2. The van der Waals surface area contributed by atoms with Crippen molar-refractivity contribution >= 4 is 5.91 Å². The highest BCUT2D eigenvalue weighted by Crippen LogP contribution is 2.59. The molecule has 0 bridgehead atoms. The Morgan fingerprint density at radius 3 is 2.56 bits per heavy atom. The molecular weight excluding hydrogens is 314 g/mol. The summed E-state index contributed by atoms with van der Waals surface area (Å²) in [6.07, 6.45) is 0.972. The predicted molar refractivity (Wildman–Crippen MR) is 95.0 cm³/mol. The second-order valence-electron chi connectivity index (χ2n) is 7.07. The van der Waals surface area contributed by atoms with Gasteiger partial charge in [-0.2, -0.15) is 0 Å². The summed E-state index contributed by atoms with van der Waals surface area (Å²) >= 11 is 0. The summed E-state index contributed by atoms with van der Waals surface area (Å²) < 4.78 is 11.1. The lowest BCUT2D eigenvalue weighted by Crippen LogP contribution is -2.33. The molecule has 1 heterocycles. The number of piperidine rings is 1. The number of nitrogens with zero attached hydrogens (tertiary/aromatic N) is 1. The van der Waals surface area contributed by atoms with Crippen LogP contribution in [-0.2, 0) is 22.7 Å². The smallest absolute Gasteiger partial charge is 0.231 e. The van der Waals surface area contributed by atoms with Gasteiger partial charge >= 0.3 is 0 Å². The summed E-state index contributed by atoms with van der Waals surface area (Å²) in [6.45, 7) is 2.62. The van der Waals surface area contributed by atoms with Crippen molar-refractivity contribution in [2.24, 2.45) is 11.3 Å². The van der Waals surface area contributed by atoms with Crippen molar-refractivity contribution < 1.29 is 14.3 Å². The standard InChI is InChI=1S/C21H23NO3/c1-24-19-9-7-16(8-10-19)12-22-13-18-11-21(18,20(22)23)15-25-14-17-5-3-2-4-6-17/h2-10,18H,11-15H2,1H3/t18-,21+/m0/s1. The molecule has 0 unspecified atom stereocenters. The van der Waals surface area contributed by atoms with Gasteiger partial charge in [0.15, 0.2) is 0 Å². The zero-order valence-corrected chi connectivity index (χ0v) is 14.5. The second kappa shape index (κ2) is 6.52. The molecule has 4 rings (SSSR count). The highest BCUT2D eigenvalue weighted by Gasteiger charge is 2.66. The number of methoxy groups -OCH3 is 1. The number of amides is 1. The van der Waals surface area contributed by atoms with Gasteiger partial charge < -0.3 is 14.4 Å². The fourth-order valence-electron chi connectivity index (χ4n) is 3.80. The molecule has 0 spiro atoms. The lowest BCUT2D eigenvalue weighted by atomic mass is 10.1. The largest absolute Gasteiger partial charge is 0.497 e. The third kappa shape index (κ3) is 3.14. The Labute approximate surface area is 148 Å². The van der Waals surface area contributed by atoms with E-state index in [1.165, 1.54) is 0 Å². The van der Waals surface area contributed by atoms with Gasteiger partial charge in [0, 0.05) is 13.1 Å². The van der Waals surface area contributed by atoms with Crippen LogP contribution in [0.15, 0.2) is 54.6 Å². The van der Waals surface area contributed by atoms with Crippen molar-refractivity contribution in [1.82, 2.24) is 4.90 Å². The number of fused-ring (bicyclic) bond motifs is 1. The first kappa shape index (κ1) is 16.2. The number of carbonyl (C=O) groups excluding carboxylic acids is 1. The zero-order chi connectivity index (χ0) is 17.3. The van der Waals surface area contributed by atoms with Crippen LogP contribution in [0.3, 0.4) is 0 Å². The minimum Gasteiger partial charge on any atom is -0.497 e. The quantitative estimate of drug-likeness (QED) is 0.778. The highest BCUT2D eigenvalue weighted by molar-refractivity contribution is 5.89. The van der Waals surface area contributed by atoms with Crippen LogP contribution in [0.4, 0.5) is 0 Å². The third-order valence-electron chi connectivity index (χ3n) is 5.39. The summed E-state index contributed by atoms with van der Waals surface area (Å²) in [5.41, 5.74) is 2.02. The molecule has 1 amide bonds. The molecule has 4 heteroatoms. The number of ether oxygens (including phenoxy) is 2. The van der Waals surface area contributed by atoms with Gasteiger partial charge in [-0.15, -0.1) is 0 Å². The van der Waals surface area contributed by atoms with Crippen molar-refractivity contribution in [3.8, 4) is 5.75 Å². The first-order valence-corrected chi connectivity index (χ1v) is 8.75. The van der Waals surface area contributed by atoms with Gasteiger partial charge in [-0.1, -0.05) is 42.5 Å². The topological polar surface area (TPSA) is 38.8 Å². The highest BCUT2D eigenvalue weighted by atomic mass is 16.5. The molecule has 1 saturated carbocycles. The van der Waals surface area contributed by atoms with E-state index in [0.717, 1.165) is 29.8 Å². The maximum absolute atomic E-state index is 12.9. The molecule has 2 fully saturated rings. The summed E-state index contributed by atoms with van der Waals surface area (Å²) in [5.74, 6) is 1.54. The number of hydrogen-bond acceptors (Lipinski definition) is 3. The van der Waals surface area contributed by atoms with E-state index >= 15 is 0 Å². The molecule has 1 aliphatic carbocycles. The maximum Gasteiger partial charge on any atom is 0.231 e. The van der Waals surface area contributed by atoms with Crippen molar-refractivity contribution in [3.63, 3.8) is 0 Å². The van der Waals surface area contributed by atoms with Crippen molar-refractivity contribution in [2.75, 3.05) is 20.3 Å². The van der Waals surface area contributed by atoms with Crippen LogP contribution >= 0.6 is 0 Å². The molecule has 2 aliphatic rings. The molecule has 1 saturated heterocycles. The number of rotatable bonds is 7. The molecule has 4 nitrogen and oxygen atoms in total. The monoisotopic (exact) mass is 337 g/mol. The van der Waals surface area contributed by atoms with Gasteiger partial charge in [-0.25, -0.2) is 0 Å². The van der Waals surface area contributed by atoms with Gasteiger partial charge in [-0.3, -0.25) is 4.79 Å². The molecule has 2 atom stereocenters. The van der Waals surface area contributed by atoms with Gasteiger partial charge in [0.2, 0.25) is 5.91 Å². The van der Waals surface area contributed by atoms with Crippen LogP contribution in [0.5, 0.6) is 5.75 Å². The van der Waals surface area contributed by atoms with Crippen molar-refractivity contribution in [1.29, 1.82) is 0 Å². The fourth-order valence-corrected chi connectivity index (χ4v) is 3.80. The molecule has 0 radical (unpaired) electrons. The summed E-state index contributed by atoms with van der Waals surface area (Å²) in [7, 11) is 1.66. The number of carbonyl (C=O) groups is 1. The Morgan fingerprint density at radius 1 is 1.08 bits per heavy atom. The van der Waals surface area contributed by atoms with E-state index in [0.29, 0.717) is 25.7 Å². The third-order valence-corrected chi connectivity index (χ3v) is 5.39. The average Bonchev–Trinajstić information content (AvgIpc) is 3.29. The van der Waals surface area contributed by atoms with E-state index in [1.54, 1.807) is 7.11 Å². The zero-order valence-electron chi connectivity index (χ0n) is 14.5. The van der Waals surface area contributed by atoms with E-state index in [2.05, 4.69) is 12.1 Å². The Hall–Kier alpha value is -2.33.